The van der Waals surface area contributed by atoms with Crippen molar-refractivity contribution in [3.63, 3.8) is 0 Å². The van der Waals surface area contributed by atoms with Gasteiger partial charge in [0.1, 0.15) is 5.02 Å². The molecule has 3 N–H and O–H groups in total. The highest BCUT2D eigenvalue weighted by Crippen LogP contribution is 2.22. The third-order valence-corrected chi connectivity index (χ3v) is 1.46. The van der Waals surface area contributed by atoms with Crippen LogP contribution >= 0.6 is 11.6 Å². The summed E-state index contributed by atoms with van der Waals surface area (Å²) in [7, 11) is 0. The molecular weight excluding hydrogens is 154 g/mol. The molecule has 0 aliphatic carbocycles. The van der Waals surface area contributed by atoms with Crippen LogP contribution in [0.3, 0.4) is 0 Å². The molecule has 0 radical (unpaired) electrons. The fourth-order valence-electron chi connectivity index (χ4n) is 0.565. The molecule has 0 saturated heterocycles. The molecule has 10 heavy (non-hydrogen) atoms. The normalized spacial score (nSPS) is 9.80. The molecule has 0 unspecified atom stereocenters. The first-order chi connectivity index (χ1) is 4.61. The molecule has 1 aromatic heterocycles. The zero-order valence-electron chi connectivity index (χ0n) is 5.30. The number of hydrogen-bond acceptors (Lipinski definition) is 4. The molecule has 1 aromatic rings. The quantitative estimate of drug-likeness (QED) is 0.585. The molecule has 4 nitrogen and oxygen atoms in total. The van der Waals surface area contributed by atoms with Crippen LogP contribution in [0.15, 0.2) is 0 Å². The zero-order valence-corrected chi connectivity index (χ0v) is 6.05. The summed E-state index contributed by atoms with van der Waals surface area (Å²) in [5.41, 5.74) is 5.67. The number of nitrogen functional groups attached to an aromatic ring is 1. The standard InChI is InChI=1S/C5H6ClN3O/c1-2-3(6)4(10)9-5(7)8-2/h1H3,(H3,7,8,9,10). The summed E-state index contributed by atoms with van der Waals surface area (Å²) < 4.78 is 0. The van der Waals surface area contributed by atoms with Crippen LogP contribution in [0, 0.1) is 6.92 Å². The van der Waals surface area contributed by atoms with Gasteiger partial charge in [-0.15, -0.1) is 0 Å². The number of aromatic nitrogens is 2. The Kier molecular flexibility index (Phi) is 1.63. The topological polar surface area (TPSA) is 72.0 Å². The fourth-order valence-corrected chi connectivity index (χ4v) is 0.650. The lowest BCUT2D eigenvalue weighted by atomic mass is 10.4. The lowest BCUT2D eigenvalue weighted by molar-refractivity contribution is 0.452. The second kappa shape index (κ2) is 2.30. The minimum absolute atomic E-state index is 0.0272. The molecule has 0 aliphatic rings. The van der Waals surface area contributed by atoms with Crippen molar-refractivity contribution in [1.82, 2.24) is 9.97 Å². The first-order valence-corrected chi connectivity index (χ1v) is 2.97. The number of rotatable bonds is 0. The first-order valence-electron chi connectivity index (χ1n) is 2.60. The number of aromatic hydroxyl groups is 1. The molecule has 1 rings (SSSR count). The van der Waals surface area contributed by atoms with Gasteiger partial charge in [-0.2, -0.15) is 4.98 Å². The van der Waals surface area contributed by atoms with Gasteiger partial charge in [0.25, 0.3) is 0 Å². The van der Waals surface area contributed by atoms with Crippen molar-refractivity contribution >= 4 is 17.5 Å². The van der Waals surface area contributed by atoms with Crippen LogP contribution in [0.5, 0.6) is 5.88 Å². The van der Waals surface area contributed by atoms with E-state index in [9.17, 15) is 0 Å². The highest BCUT2D eigenvalue weighted by Gasteiger charge is 2.04. The summed E-state index contributed by atoms with van der Waals surface area (Å²) in [6.07, 6.45) is 0. The van der Waals surface area contributed by atoms with Gasteiger partial charge in [0.2, 0.25) is 11.8 Å². The molecule has 0 spiro atoms. The molecule has 0 atom stereocenters. The van der Waals surface area contributed by atoms with E-state index in [0.29, 0.717) is 5.69 Å². The lowest BCUT2D eigenvalue weighted by Gasteiger charge is -1.98. The van der Waals surface area contributed by atoms with Gasteiger partial charge < -0.3 is 10.8 Å². The van der Waals surface area contributed by atoms with Crippen LogP contribution in [0.2, 0.25) is 5.02 Å². The Balaban J connectivity index is 3.31. The Morgan fingerprint density at radius 2 is 2.10 bits per heavy atom. The van der Waals surface area contributed by atoms with Crippen molar-refractivity contribution in [2.45, 2.75) is 6.92 Å². The smallest absolute Gasteiger partial charge is 0.235 e. The van der Waals surface area contributed by atoms with Crippen molar-refractivity contribution in [2.24, 2.45) is 0 Å². The van der Waals surface area contributed by atoms with Gasteiger partial charge in [0.05, 0.1) is 5.69 Å². The molecule has 0 fully saturated rings. The molecular formula is C5H6ClN3O. The van der Waals surface area contributed by atoms with E-state index in [4.69, 9.17) is 22.4 Å². The summed E-state index contributed by atoms with van der Waals surface area (Å²) in [6, 6.07) is 0. The van der Waals surface area contributed by atoms with E-state index in [1.54, 1.807) is 6.92 Å². The molecule has 0 aliphatic heterocycles. The Bertz CT molecular complexity index is 240. The second-order valence-corrected chi connectivity index (χ2v) is 2.18. The highest BCUT2D eigenvalue weighted by molar-refractivity contribution is 6.32. The molecule has 0 aromatic carbocycles. The maximum absolute atomic E-state index is 8.92. The van der Waals surface area contributed by atoms with Gasteiger partial charge >= 0.3 is 0 Å². The lowest BCUT2D eigenvalue weighted by Crippen LogP contribution is -1.96. The average molecular weight is 160 g/mol. The number of aryl methyl sites for hydroxylation is 1. The number of anilines is 1. The van der Waals surface area contributed by atoms with Crippen LogP contribution in [-0.4, -0.2) is 15.1 Å². The van der Waals surface area contributed by atoms with Gasteiger partial charge in [-0.05, 0) is 6.92 Å². The predicted octanol–water partition coefficient (Wildman–Crippen LogP) is 0.726. The SMILES string of the molecule is Cc1nc(N)nc(O)c1Cl. The Morgan fingerprint density at radius 1 is 1.50 bits per heavy atom. The highest BCUT2D eigenvalue weighted by atomic mass is 35.5. The van der Waals surface area contributed by atoms with E-state index < -0.39 is 0 Å². The van der Waals surface area contributed by atoms with Crippen LogP contribution in [0.25, 0.3) is 0 Å². The minimum Gasteiger partial charge on any atom is -0.492 e. The predicted molar refractivity (Wildman–Crippen MR) is 37.9 cm³/mol. The fraction of sp³-hybridized carbons (Fsp3) is 0.200. The van der Waals surface area contributed by atoms with Gasteiger partial charge in [-0.1, -0.05) is 11.6 Å². The number of nitrogens with zero attached hydrogens (tertiary/aromatic N) is 2. The summed E-state index contributed by atoms with van der Waals surface area (Å²) in [4.78, 5) is 7.13. The molecule has 0 amide bonds. The van der Waals surface area contributed by atoms with Crippen molar-refractivity contribution in [2.75, 3.05) is 5.73 Å². The molecule has 0 bridgehead atoms. The average Bonchev–Trinajstić information content (AvgIpc) is 1.82. The van der Waals surface area contributed by atoms with Gasteiger partial charge in [0, 0.05) is 0 Å². The maximum atomic E-state index is 8.92. The molecule has 1 heterocycles. The van der Waals surface area contributed by atoms with Crippen molar-refractivity contribution in [3.05, 3.63) is 10.7 Å². The Labute approximate surface area is 62.7 Å². The van der Waals surface area contributed by atoms with Crippen molar-refractivity contribution < 1.29 is 5.11 Å². The Hall–Kier alpha value is -1.03. The molecule has 5 heteroatoms. The van der Waals surface area contributed by atoms with Crippen LogP contribution in [0.4, 0.5) is 5.95 Å². The van der Waals surface area contributed by atoms with Gasteiger partial charge in [0.15, 0.2) is 0 Å². The number of hydrogen-bond donors (Lipinski definition) is 2. The Morgan fingerprint density at radius 3 is 2.60 bits per heavy atom. The van der Waals surface area contributed by atoms with Gasteiger partial charge in [-0.3, -0.25) is 0 Å². The summed E-state index contributed by atoms with van der Waals surface area (Å²) in [5, 5.41) is 9.07. The second-order valence-electron chi connectivity index (χ2n) is 1.80. The van der Waals surface area contributed by atoms with Crippen molar-refractivity contribution in [3.8, 4) is 5.88 Å². The van der Waals surface area contributed by atoms with Crippen LogP contribution in [-0.2, 0) is 0 Å². The van der Waals surface area contributed by atoms with Gasteiger partial charge in [-0.25, -0.2) is 4.98 Å². The van der Waals surface area contributed by atoms with Crippen molar-refractivity contribution in [1.29, 1.82) is 0 Å². The summed E-state index contributed by atoms with van der Waals surface area (Å²) >= 11 is 5.52. The van der Waals surface area contributed by atoms with E-state index >= 15 is 0 Å². The van der Waals surface area contributed by atoms with E-state index in [1.165, 1.54) is 0 Å². The largest absolute Gasteiger partial charge is 0.492 e. The number of halogens is 1. The van der Waals surface area contributed by atoms with Crippen LogP contribution < -0.4 is 5.73 Å². The van der Waals surface area contributed by atoms with E-state index in [2.05, 4.69) is 9.97 Å². The van der Waals surface area contributed by atoms with E-state index in [-0.39, 0.29) is 16.9 Å². The van der Waals surface area contributed by atoms with Crippen LogP contribution in [0.1, 0.15) is 5.69 Å². The van der Waals surface area contributed by atoms with E-state index in [0.717, 1.165) is 0 Å². The summed E-state index contributed by atoms with van der Waals surface area (Å²) in [5.74, 6) is -0.244. The zero-order chi connectivity index (χ0) is 7.72. The molecule has 0 saturated carbocycles. The minimum atomic E-state index is -0.272. The maximum Gasteiger partial charge on any atom is 0.235 e. The summed E-state index contributed by atoms with van der Waals surface area (Å²) in [6.45, 7) is 1.64. The number of nitrogens with two attached hydrogens (primary N) is 1. The first kappa shape index (κ1) is 7.08. The third kappa shape index (κ3) is 1.11. The monoisotopic (exact) mass is 159 g/mol. The van der Waals surface area contributed by atoms with E-state index in [1.807, 2.05) is 0 Å². The molecule has 54 valence electrons. The third-order valence-electron chi connectivity index (χ3n) is 1.02.